The SMILES string of the molecule is C[C@@H](OC(=O)c1nccnc1N)C(=O)NC(=O)NC1CCCCC1. The zero-order valence-corrected chi connectivity index (χ0v) is 13.4. The van der Waals surface area contributed by atoms with Crippen molar-refractivity contribution in [1.82, 2.24) is 20.6 Å². The van der Waals surface area contributed by atoms with Crippen molar-refractivity contribution in [2.45, 2.75) is 51.2 Å². The zero-order valence-electron chi connectivity index (χ0n) is 13.4. The molecule has 0 bridgehead atoms. The minimum absolute atomic E-state index is 0.0730. The minimum Gasteiger partial charge on any atom is -0.448 e. The third-order valence-electron chi connectivity index (χ3n) is 3.75. The smallest absolute Gasteiger partial charge is 0.361 e. The average molecular weight is 335 g/mol. The molecule has 0 saturated heterocycles. The number of esters is 1. The number of hydrogen-bond acceptors (Lipinski definition) is 7. The third-order valence-corrected chi connectivity index (χ3v) is 3.75. The predicted molar refractivity (Wildman–Crippen MR) is 84.9 cm³/mol. The van der Waals surface area contributed by atoms with Crippen molar-refractivity contribution in [3.05, 3.63) is 18.1 Å². The Bertz CT molecular complexity index is 616. The first-order valence-corrected chi connectivity index (χ1v) is 7.86. The maximum Gasteiger partial charge on any atom is 0.361 e. The first kappa shape index (κ1) is 17.6. The van der Waals surface area contributed by atoms with E-state index >= 15 is 0 Å². The van der Waals surface area contributed by atoms with Gasteiger partial charge in [0.1, 0.15) is 0 Å². The minimum atomic E-state index is -1.17. The van der Waals surface area contributed by atoms with E-state index in [0.717, 1.165) is 32.1 Å². The molecule has 1 aromatic heterocycles. The molecule has 4 N–H and O–H groups in total. The van der Waals surface area contributed by atoms with Crippen LogP contribution in [-0.2, 0) is 9.53 Å². The van der Waals surface area contributed by atoms with Crippen molar-refractivity contribution in [1.29, 1.82) is 0 Å². The van der Waals surface area contributed by atoms with Crippen LogP contribution < -0.4 is 16.4 Å². The van der Waals surface area contributed by atoms with Crippen LogP contribution in [0, 0.1) is 0 Å². The van der Waals surface area contributed by atoms with E-state index in [2.05, 4.69) is 20.6 Å². The molecule has 0 aromatic carbocycles. The number of nitrogens with one attached hydrogen (secondary N) is 2. The highest BCUT2D eigenvalue weighted by Crippen LogP contribution is 2.17. The Labute approximate surface area is 139 Å². The van der Waals surface area contributed by atoms with Gasteiger partial charge in [0.15, 0.2) is 17.6 Å². The topological polar surface area (TPSA) is 136 Å². The number of imide groups is 1. The van der Waals surface area contributed by atoms with Gasteiger partial charge in [0.25, 0.3) is 5.91 Å². The number of anilines is 1. The van der Waals surface area contributed by atoms with Crippen LogP contribution in [-0.4, -0.2) is 40.0 Å². The van der Waals surface area contributed by atoms with Crippen LogP contribution in [0.15, 0.2) is 12.4 Å². The summed E-state index contributed by atoms with van der Waals surface area (Å²) in [6.45, 7) is 1.35. The molecule has 9 nitrogen and oxygen atoms in total. The fourth-order valence-corrected chi connectivity index (χ4v) is 2.46. The van der Waals surface area contributed by atoms with Gasteiger partial charge >= 0.3 is 12.0 Å². The molecule has 1 atom stereocenters. The first-order chi connectivity index (χ1) is 11.5. The lowest BCUT2D eigenvalue weighted by Gasteiger charge is -2.23. The van der Waals surface area contributed by atoms with Crippen molar-refractivity contribution >= 4 is 23.7 Å². The molecule has 0 aliphatic heterocycles. The van der Waals surface area contributed by atoms with E-state index in [0.29, 0.717) is 0 Å². The number of carbonyl (C=O) groups is 3. The maximum atomic E-state index is 11.9. The second-order valence-electron chi connectivity index (χ2n) is 5.64. The Morgan fingerprint density at radius 1 is 1.21 bits per heavy atom. The van der Waals surface area contributed by atoms with Crippen LogP contribution in [0.2, 0.25) is 0 Å². The monoisotopic (exact) mass is 335 g/mol. The Kier molecular flexibility index (Phi) is 6.05. The summed E-state index contributed by atoms with van der Waals surface area (Å²) in [6, 6.07) is -0.516. The average Bonchev–Trinajstić information content (AvgIpc) is 2.55. The second-order valence-corrected chi connectivity index (χ2v) is 5.64. The standard InChI is InChI=1S/C15H21N5O4/c1-9(24-14(22)11-12(16)18-8-7-17-11)13(21)20-15(23)19-10-5-3-2-4-6-10/h7-10H,2-6H2,1H3,(H2,16,18)(H2,19,20,21,23)/t9-/m1/s1. The molecule has 0 spiro atoms. The number of rotatable bonds is 4. The van der Waals surface area contributed by atoms with Gasteiger partial charge in [-0.2, -0.15) is 0 Å². The molecular formula is C15H21N5O4. The van der Waals surface area contributed by atoms with Crippen molar-refractivity contribution in [2.24, 2.45) is 0 Å². The Balaban J connectivity index is 1.82. The highest BCUT2D eigenvalue weighted by Gasteiger charge is 2.24. The molecule has 24 heavy (non-hydrogen) atoms. The lowest BCUT2D eigenvalue weighted by molar-refractivity contribution is -0.127. The van der Waals surface area contributed by atoms with Gasteiger partial charge in [0.05, 0.1) is 0 Å². The van der Waals surface area contributed by atoms with E-state index in [9.17, 15) is 14.4 Å². The largest absolute Gasteiger partial charge is 0.448 e. The van der Waals surface area contributed by atoms with Crippen LogP contribution in [0.1, 0.15) is 49.5 Å². The summed E-state index contributed by atoms with van der Waals surface area (Å²) in [7, 11) is 0. The molecule has 3 amide bonds. The van der Waals surface area contributed by atoms with Gasteiger partial charge in [-0.25, -0.2) is 19.6 Å². The molecule has 0 unspecified atom stereocenters. The molecule has 9 heteroatoms. The number of carbonyl (C=O) groups excluding carboxylic acids is 3. The maximum absolute atomic E-state index is 11.9. The molecule has 1 aromatic rings. The van der Waals surface area contributed by atoms with Crippen LogP contribution in [0.4, 0.5) is 10.6 Å². The van der Waals surface area contributed by atoms with Crippen LogP contribution in [0.5, 0.6) is 0 Å². The Hall–Kier alpha value is -2.71. The van der Waals surface area contributed by atoms with Gasteiger partial charge in [0.2, 0.25) is 0 Å². The number of amides is 3. The van der Waals surface area contributed by atoms with Gasteiger partial charge in [-0.15, -0.1) is 0 Å². The fourth-order valence-electron chi connectivity index (χ4n) is 2.46. The van der Waals surface area contributed by atoms with Crippen LogP contribution in [0.3, 0.4) is 0 Å². The van der Waals surface area contributed by atoms with E-state index in [1.165, 1.54) is 19.3 Å². The van der Waals surface area contributed by atoms with Gasteiger partial charge in [-0.1, -0.05) is 19.3 Å². The molecule has 130 valence electrons. The molecule has 0 radical (unpaired) electrons. The molecule has 1 aliphatic carbocycles. The van der Waals surface area contributed by atoms with E-state index in [1.807, 2.05) is 0 Å². The van der Waals surface area contributed by atoms with Crippen molar-refractivity contribution in [2.75, 3.05) is 5.73 Å². The Morgan fingerprint density at radius 3 is 2.54 bits per heavy atom. The quantitative estimate of drug-likeness (QED) is 0.691. The van der Waals surface area contributed by atoms with Crippen LogP contribution in [0.25, 0.3) is 0 Å². The predicted octanol–water partition coefficient (Wildman–Crippen LogP) is 0.763. The lowest BCUT2D eigenvalue weighted by atomic mass is 9.96. The molecular weight excluding hydrogens is 314 g/mol. The van der Waals surface area contributed by atoms with Crippen LogP contribution >= 0.6 is 0 Å². The summed E-state index contributed by atoms with van der Waals surface area (Å²) in [5.74, 6) is -1.69. The van der Waals surface area contributed by atoms with E-state index in [1.54, 1.807) is 0 Å². The van der Waals surface area contributed by atoms with E-state index in [4.69, 9.17) is 10.5 Å². The highest BCUT2D eigenvalue weighted by atomic mass is 16.5. The number of nitrogens with zero attached hydrogens (tertiary/aromatic N) is 2. The summed E-state index contributed by atoms with van der Waals surface area (Å²) in [5.41, 5.74) is 5.34. The first-order valence-electron chi connectivity index (χ1n) is 7.86. The van der Waals surface area contributed by atoms with Crippen molar-refractivity contribution < 1.29 is 19.1 Å². The summed E-state index contributed by atoms with van der Waals surface area (Å²) < 4.78 is 4.96. The van der Waals surface area contributed by atoms with E-state index < -0.39 is 24.0 Å². The zero-order chi connectivity index (χ0) is 17.5. The molecule has 1 heterocycles. The third kappa shape index (κ3) is 4.90. The molecule has 2 rings (SSSR count). The molecule has 1 saturated carbocycles. The summed E-state index contributed by atoms with van der Waals surface area (Å²) in [4.78, 5) is 43.1. The number of aromatic nitrogens is 2. The molecule has 1 fully saturated rings. The lowest BCUT2D eigenvalue weighted by Crippen LogP contribution is -2.48. The summed E-state index contributed by atoms with van der Waals surface area (Å²) in [5, 5.41) is 4.91. The van der Waals surface area contributed by atoms with Gasteiger partial charge in [-0.3, -0.25) is 10.1 Å². The van der Waals surface area contributed by atoms with Gasteiger partial charge < -0.3 is 15.8 Å². The summed E-state index contributed by atoms with van der Waals surface area (Å²) in [6.07, 6.45) is 6.54. The number of hydrogen-bond donors (Lipinski definition) is 3. The van der Waals surface area contributed by atoms with Crippen molar-refractivity contribution in [3.63, 3.8) is 0 Å². The van der Waals surface area contributed by atoms with Gasteiger partial charge in [0, 0.05) is 18.4 Å². The normalized spacial score (nSPS) is 16.0. The number of nitrogen functional groups attached to an aromatic ring is 1. The van der Waals surface area contributed by atoms with Gasteiger partial charge in [-0.05, 0) is 19.8 Å². The highest BCUT2D eigenvalue weighted by molar-refractivity contribution is 5.99. The molecule has 1 aliphatic rings. The fraction of sp³-hybridized carbons (Fsp3) is 0.533. The second kappa shape index (κ2) is 8.23. The number of ether oxygens (including phenoxy) is 1. The Morgan fingerprint density at radius 2 is 1.88 bits per heavy atom. The number of nitrogens with two attached hydrogens (primary N) is 1. The number of urea groups is 1. The summed E-state index contributed by atoms with van der Waals surface area (Å²) >= 11 is 0. The van der Waals surface area contributed by atoms with E-state index in [-0.39, 0.29) is 17.6 Å². The van der Waals surface area contributed by atoms with Crippen molar-refractivity contribution in [3.8, 4) is 0 Å².